The third-order valence-electron chi connectivity index (χ3n) is 1.84. The molecular formula is C7H13NO3S. The van der Waals surface area contributed by atoms with E-state index in [1.165, 1.54) is 0 Å². The van der Waals surface area contributed by atoms with Crippen LogP contribution in [-0.4, -0.2) is 44.3 Å². The quantitative estimate of drug-likeness (QED) is 0.599. The van der Waals surface area contributed by atoms with E-state index in [0.717, 1.165) is 19.1 Å². The lowest BCUT2D eigenvalue weighted by Crippen LogP contribution is -2.32. The Morgan fingerprint density at radius 1 is 1.33 bits per heavy atom. The zero-order valence-electron chi connectivity index (χ0n) is 7.12. The maximum Gasteiger partial charge on any atom is 0.237 e. The summed E-state index contributed by atoms with van der Waals surface area (Å²) in [5.74, 6) is -0.595. The predicted octanol–water partition coefficient (Wildman–Crippen LogP) is -0.347. The number of hydrogen-bond donors (Lipinski definition) is 0. The van der Waals surface area contributed by atoms with Gasteiger partial charge in [0.2, 0.25) is 5.91 Å². The largest absolute Gasteiger partial charge is 0.342 e. The summed E-state index contributed by atoms with van der Waals surface area (Å²) in [5.41, 5.74) is 0. The lowest BCUT2D eigenvalue weighted by atomic mass is 10.4. The molecule has 0 aromatic heterocycles. The fraction of sp³-hybridized carbons (Fsp3) is 0.857. The monoisotopic (exact) mass is 191 g/mol. The lowest BCUT2D eigenvalue weighted by molar-refractivity contribution is -0.127. The summed E-state index contributed by atoms with van der Waals surface area (Å²) in [5, 5.41) is 0. The van der Waals surface area contributed by atoms with Gasteiger partial charge in [0, 0.05) is 19.3 Å². The van der Waals surface area contributed by atoms with E-state index in [9.17, 15) is 13.2 Å². The molecule has 0 spiro atoms. The molecule has 0 aromatic carbocycles. The number of sulfone groups is 1. The lowest BCUT2D eigenvalue weighted by Gasteiger charge is -2.13. The minimum absolute atomic E-state index is 0.255. The molecule has 1 heterocycles. The molecular weight excluding hydrogens is 178 g/mol. The van der Waals surface area contributed by atoms with Gasteiger partial charge in [-0.25, -0.2) is 8.42 Å². The van der Waals surface area contributed by atoms with E-state index in [-0.39, 0.29) is 11.7 Å². The normalized spacial score (nSPS) is 18.2. The Balaban J connectivity index is 2.48. The average molecular weight is 191 g/mol. The van der Waals surface area contributed by atoms with Crippen LogP contribution in [0.4, 0.5) is 0 Å². The Morgan fingerprint density at radius 2 is 1.83 bits per heavy atom. The summed E-state index contributed by atoms with van der Waals surface area (Å²) in [6.45, 7) is 1.43. The predicted molar refractivity (Wildman–Crippen MR) is 45.5 cm³/mol. The maximum atomic E-state index is 11.2. The van der Waals surface area contributed by atoms with E-state index < -0.39 is 9.84 Å². The smallest absolute Gasteiger partial charge is 0.237 e. The number of hydrogen-bond acceptors (Lipinski definition) is 3. The molecule has 0 unspecified atom stereocenters. The van der Waals surface area contributed by atoms with Gasteiger partial charge in [-0.05, 0) is 12.8 Å². The van der Waals surface area contributed by atoms with Crippen LogP contribution in [0.2, 0.25) is 0 Å². The molecule has 0 radical (unpaired) electrons. The van der Waals surface area contributed by atoms with Crippen molar-refractivity contribution in [3.63, 3.8) is 0 Å². The molecule has 1 fully saturated rings. The topological polar surface area (TPSA) is 54.5 Å². The zero-order valence-corrected chi connectivity index (χ0v) is 7.93. The second-order valence-corrected chi connectivity index (χ2v) is 5.30. The van der Waals surface area contributed by atoms with Gasteiger partial charge in [0.15, 0.2) is 9.84 Å². The van der Waals surface area contributed by atoms with E-state index in [1.807, 2.05) is 0 Å². The molecule has 1 rings (SSSR count). The van der Waals surface area contributed by atoms with E-state index in [1.54, 1.807) is 4.90 Å². The van der Waals surface area contributed by atoms with Gasteiger partial charge >= 0.3 is 0 Å². The molecule has 0 aromatic rings. The van der Waals surface area contributed by atoms with Crippen molar-refractivity contribution in [2.45, 2.75) is 12.8 Å². The number of likely N-dealkylation sites (tertiary alicyclic amines) is 1. The Hall–Kier alpha value is -0.580. The van der Waals surface area contributed by atoms with Crippen LogP contribution in [0.25, 0.3) is 0 Å². The van der Waals surface area contributed by atoms with E-state index in [4.69, 9.17) is 0 Å². The van der Waals surface area contributed by atoms with E-state index in [2.05, 4.69) is 0 Å². The molecule has 4 nitrogen and oxygen atoms in total. The minimum Gasteiger partial charge on any atom is -0.342 e. The zero-order chi connectivity index (χ0) is 9.19. The first kappa shape index (κ1) is 9.51. The van der Waals surface area contributed by atoms with Crippen LogP contribution in [0.1, 0.15) is 12.8 Å². The van der Waals surface area contributed by atoms with Crippen molar-refractivity contribution >= 4 is 15.7 Å². The van der Waals surface area contributed by atoms with Crippen molar-refractivity contribution < 1.29 is 13.2 Å². The molecule has 0 saturated carbocycles. The minimum atomic E-state index is -3.15. The number of rotatable bonds is 2. The molecule has 1 aliphatic rings. The first-order valence-electron chi connectivity index (χ1n) is 3.94. The van der Waals surface area contributed by atoms with Gasteiger partial charge < -0.3 is 4.90 Å². The molecule has 0 N–H and O–H groups in total. The molecule has 12 heavy (non-hydrogen) atoms. The summed E-state index contributed by atoms with van der Waals surface area (Å²) in [6, 6.07) is 0. The molecule has 0 atom stereocenters. The number of nitrogens with zero attached hydrogens (tertiary/aromatic N) is 1. The molecule has 70 valence electrons. The van der Waals surface area contributed by atoms with Crippen LogP contribution in [0.3, 0.4) is 0 Å². The second-order valence-electron chi connectivity index (χ2n) is 3.16. The van der Waals surface area contributed by atoms with Crippen molar-refractivity contribution in [3.8, 4) is 0 Å². The van der Waals surface area contributed by atoms with Gasteiger partial charge in [0.1, 0.15) is 5.75 Å². The molecule has 1 aliphatic heterocycles. The number of amides is 1. The summed E-state index contributed by atoms with van der Waals surface area (Å²) >= 11 is 0. The van der Waals surface area contributed by atoms with Gasteiger partial charge in [-0.1, -0.05) is 0 Å². The van der Waals surface area contributed by atoms with E-state index >= 15 is 0 Å². The third kappa shape index (κ3) is 2.81. The number of carbonyl (C=O) groups excluding carboxylic acids is 1. The standard InChI is InChI=1S/C7H13NO3S/c1-12(10,11)6-7(9)8-4-2-3-5-8/h2-6H2,1H3. The first-order chi connectivity index (χ1) is 5.49. The highest BCUT2D eigenvalue weighted by atomic mass is 32.2. The fourth-order valence-electron chi connectivity index (χ4n) is 1.28. The molecule has 0 bridgehead atoms. The highest BCUT2D eigenvalue weighted by molar-refractivity contribution is 7.91. The third-order valence-corrected chi connectivity index (χ3v) is 2.62. The molecule has 1 saturated heterocycles. The van der Waals surface area contributed by atoms with Crippen LogP contribution < -0.4 is 0 Å². The van der Waals surface area contributed by atoms with Gasteiger partial charge in [-0.2, -0.15) is 0 Å². The van der Waals surface area contributed by atoms with Gasteiger partial charge in [0.25, 0.3) is 0 Å². The van der Waals surface area contributed by atoms with Crippen molar-refractivity contribution in [1.82, 2.24) is 4.90 Å². The van der Waals surface area contributed by atoms with Crippen LogP contribution in [0.15, 0.2) is 0 Å². The van der Waals surface area contributed by atoms with Crippen LogP contribution in [-0.2, 0) is 14.6 Å². The molecule has 5 heteroatoms. The Morgan fingerprint density at radius 3 is 2.25 bits per heavy atom. The summed E-state index contributed by atoms with van der Waals surface area (Å²) < 4.78 is 21.5. The van der Waals surface area contributed by atoms with Gasteiger partial charge in [0.05, 0.1) is 0 Å². The summed E-state index contributed by atoms with van der Waals surface area (Å²) in [6.07, 6.45) is 3.08. The average Bonchev–Trinajstić information content (AvgIpc) is 2.32. The van der Waals surface area contributed by atoms with E-state index in [0.29, 0.717) is 13.1 Å². The highest BCUT2D eigenvalue weighted by Gasteiger charge is 2.20. The van der Waals surface area contributed by atoms with Crippen molar-refractivity contribution in [3.05, 3.63) is 0 Å². The maximum absolute atomic E-state index is 11.2. The highest BCUT2D eigenvalue weighted by Crippen LogP contribution is 2.07. The van der Waals surface area contributed by atoms with Gasteiger partial charge in [-0.15, -0.1) is 0 Å². The molecule has 0 aliphatic carbocycles. The summed E-state index contributed by atoms with van der Waals surface area (Å²) in [7, 11) is -3.15. The Bertz CT molecular complexity index is 264. The van der Waals surface area contributed by atoms with Crippen LogP contribution >= 0.6 is 0 Å². The van der Waals surface area contributed by atoms with Crippen LogP contribution in [0.5, 0.6) is 0 Å². The Kier molecular flexibility index (Phi) is 2.72. The SMILES string of the molecule is CS(=O)(=O)CC(=O)N1CCCC1. The van der Waals surface area contributed by atoms with Crippen molar-refractivity contribution in [2.75, 3.05) is 25.1 Å². The number of carbonyl (C=O) groups is 1. The van der Waals surface area contributed by atoms with Crippen molar-refractivity contribution in [1.29, 1.82) is 0 Å². The van der Waals surface area contributed by atoms with Crippen LogP contribution in [0, 0.1) is 0 Å². The second kappa shape index (κ2) is 3.43. The van der Waals surface area contributed by atoms with Gasteiger partial charge in [-0.3, -0.25) is 4.79 Å². The Labute approximate surface area is 72.5 Å². The molecule has 1 amide bonds. The summed E-state index contributed by atoms with van der Waals surface area (Å²) in [4.78, 5) is 12.8. The first-order valence-corrected chi connectivity index (χ1v) is 6.00. The van der Waals surface area contributed by atoms with Crippen molar-refractivity contribution in [2.24, 2.45) is 0 Å². The fourth-order valence-corrected chi connectivity index (χ4v) is 1.91.